The van der Waals surface area contributed by atoms with E-state index in [1.165, 1.54) is 56.6 Å². The summed E-state index contributed by atoms with van der Waals surface area (Å²) in [5.41, 5.74) is 4.71. The van der Waals surface area contributed by atoms with Crippen LogP contribution in [0, 0.1) is 10.1 Å². The molecule has 11 nitrogen and oxygen atoms in total. The van der Waals surface area contributed by atoms with Gasteiger partial charge < -0.3 is 4.90 Å². The summed E-state index contributed by atoms with van der Waals surface area (Å²) >= 11 is 0. The minimum Gasteiger partial charge on any atom is -0.366 e. The van der Waals surface area contributed by atoms with Gasteiger partial charge in [0.05, 0.1) is 9.82 Å². The summed E-state index contributed by atoms with van der Waals surface area (Å²) in [6.45, 7) is 1.43. The molecule has 0 unspecified atom stereocenters. The monoisotopic (exact) mass is 475 g/mol. The van der Waals surface area contributed by atoms with Crippen LogP contribution in [0.2, 0.25) is 0 Å². The molecule has 1 heterocycles. The number of hydrazine groups is 1. The molecule has 1 aliphatic heterocycles. The molecule has 1 saturated heterocycles. The summed E-state index contributed by atoms with van der Waals surface area (Å²) in [5, 5.41) is 11.6. The molecule has 0 aromatic heterocycles. The number of amides is 2. The first-order chi connectivity index (χ1) is 15.6. The predicted octanol–water partition coefficient (Wildman–Crippen LogP) is 1.91. The zero-order valence-corrected chi connectivity index (χ0v) is 19.1. The molecule has 0 spiro atoms. The molecule has 12 heteroatoms. The maximum absolute atomic E-state index is 12.5. The third-order valence-corrected chi connectivity index (χ3v) is 7.11. The summed E-state index contributed by atoms with van der Waals surface area (Å²) < 4.78 is 25.5. The number of piperidine rings is 1. The van der Waals surface area contributed by atoms with Crippen LogP contribution in [0.4, 0.5) is 11.4 Å². The molecular weight excluding hydrogens is 450 g/mol. The molecule has 0 saturated carbocycles. The highest BCUT2D eigenvalue weighted by molar-refractivity contribution is 7.89. The third kappa shape index (κ3) is 5.46. The van der Waals surface area contributed by atoms with Crippen molar-refractivity contribution in [3.8, 4) is 0 Å². The molecule has 2 aromatic carbocycles. The van der Waals surface area contributed by atoms with E-state index in [9.17, 15) is 28.1 Å². The van der Waals surface area contributed by atoms with Crippen molar-refractivity contribution in [3.63, 3.8) is 0 Å². The lowest BCUT2D eigenvalue weighted by molar-refractivity contribution is -0.384. The van der Waals surface area contributed by atoms with Gasteiger partial charge in [-0.05, 0) is 49.6 Å². The molecule has 0 radical (unpaired) electrons. The average Bonchev–Trinajstić information content (AvgIpc) is 2.82. The Balaban J connectivity index is 1.72. The highest BCUT2D eigenvalue weighted by Gasteiger charge is 2.24. The van der Waals surface area contributed by atoms with Gasteiger partial charge in [-0.3, -0.25) is 30.6 Å². The Morgan fingerprint density at radius 3 is 2.15 bits per heavy atom. The molecule has 0 bridgehead atoms. The van der Waals surface area contributed by atoms with Crippen molar-refractivity contribution >= 4 is 33.2 Å². The Bertz CT molecular complexity index is 1180. The number of hydrogen-bond acceptors (Lipinski definition) is 7. The number of nitrogens with one attached hydrogen (secondary N) is 2. The third-order valence-electron chi connectivity index (χ3n) is 5.30. The number of nitro groups is 1. The first-order valence-corrected chi connectivity index (χ1v) is 11.7. The Kier molecular flexibility index (Phi) is 7.29. The molecule has 0 aliphatic carbocycles. The molecule has 0 atom stereocenters. The van der Waals surface area contributed by atoms with Crippen LogP contribution in [0.1, 0.15) is 40.0 Å². The number of hydrogen-bond donors (Lipinski definition) is 2. The van der Waals surface area contributed by atoms with Crippen molar-refractivity contribution in [2.24, 2.45) is 0 Å². The van der Waals surface area contributed by atoms with Crippen LogP contribution in [0.3, 0.4) is 0 Å². The Hall–Kier alpha value is -3.51. The van der Waals surface area contributed by atoms with Gasteiger partial charge in [0.1, 0.15) is 5.69 Å². The Labute approximate surface area is 191 Å². The molecule has 3 rings (SSSR count). The smallest absolute Gasteiger partial charge is 0.293 e. The summed E-state index contributed by atoms with van der Waals surface area (Å²) in [7, 11) is -0.989. The van der Waals surface area contributed by atoms with Gasteiger partial charge in [-0.2, -0.15) is 0 Å². The SMILES string of the molecule is CN(C)S(=O)(=O)c1cccc(C(=O)NNC(=O)c2ccc(N3CCCCC3)c([N+](=O)[O-])c2)c1. The molecule has 1 fully saturated rings. The van der Waals surface area contributed by atoms with Gasteiger partial charge in [0.2, 0.25) is 10.0 Å². The maximum Gasteiger partial charge on any atom is 0.293 e. The summed E-state index contributed by atoms with van der Waals surface area (Å²) in [5.74, 6) is -1.48. The molecule has 2 aromatic rings. The maximum atomic E-state index is 12.5. The predicted molar refractivity (Wildman–Crippen MR) is 121 cm³/mol. The normalized spacial score (nSPS) is 14.1. The highest BCUT2D eigenvalue weighted by atomic mass is 32.2. The van der Waals surface area contributed by atoms with Gasteiger partial charge in [0.15, 0.2) is 0 Å². The van der Waals surface area contributed by atoms with Gasteiger partial charge in [0.25, 0.3) is 17.5 Å². The quantitative estimate of drug-likeness (QED) is 0.480. The van der Waals surface area contributed by atoms with Crippen LogP contribution in [0.15, 0.2) is 47.4 Å². The number of benzene rings is 2. The molecule has 33 heavy (non-hydrogen) atoms. The molecule has 1 aliphatic rings. The largest absolute Gasteiger partial charge is 0.366 e. The van der Waals surface area contributed by atoms with Crippen molar-refractivity contribution in [2.45, 2.75) is 24.2 Å². The van der Waals surface area contributed by atoms with E-state index in [-0.39, 0.29) is 21.7 Å². The number of nitro benzene ring substituents is 1. The van der Waals surface area contributed by atoms with E-state index in [4.69, 9.17) is 0 Å². The first-order valence-electron chi connectivity index (χ1n) is 10.3. The molecular formula is C21H25N5O6S. The van der Waals surface area contributed by atoms with Crippen molar-refractivity contribution in [2.75, 3.05) is 32.1 Å². The summed E-state index contributed by atoms with van der Waals surface area (Å²) in [6.07, 6.45) is 2.97. The standard InChI is InChI=1S/C21H25N5O6S/c1-24(2)33(31,32)17-8-6-7-15(13-17)20(27)22-23-21(28)16-9-10-18(19(14-16)26(29)30)25-11-4-3-5-12-25/h6-10,13-14H,3-5,11-12H2,1-2H3,(H,22,27)(H,23,28). The second-order valence-corrected chi connectivity index (χ2v) is 9.88. The van der Waals surface area contributed by atoms with E-state index >= 15 is 0 Å². The fourth-order valence-electron chi connectivity index (χ4n) is 3.48. The van der Waals surface area contributed by atoms with E-state index in [0.29, 0.717) is 18.8 Å². The van der Waals surface area contributed by atoms with Crippen molar-refractivity contribution in [3.05, 3.63) is 63.7 Å². The first kappa shape index (κ1) is 24.1. The van der Waals surface area contributed by atoms with E-state index in [0.717, 1.165) is 23.6 Å². The van der Waals surface area contributed by atoms with Crippen molar-refractivity contribution < 1.29 is 22.9 Å². The minimum absolute atomic E-state index is 0.00620. The molecule has 2 N–H and O–H groups in total. The lowest BCUT2D eigenvalue weighted by Gasteiger charge is -2.28. The Morgan fingerprint density at radius 1 is 0.970 bits per heavy atom. The van der Waals surface area contributed by atoms with Crippen molar-refractivity contribution in [1.29, 1.82) is 0 Å². The van der Waals surface area contributed by atoms with E-state index < -0.39 is 26.8 Å². The average molecular weight is 476 g/mol. The Morgan fingerprint density at radius 2 is 1.58 bits per heavy atom. The van der Waals surface area contributed by atoms with Crippen molar-refractivity contribution in [1.82, 2.24) is 15.2 Å². The van der Waals surface area contributed by atoms with Crippen LogP contribution in [-0.2, 0) is 10.0 Å². The number of rotatable bonds is 6. The van der Waals surface area contributed by atoms with E-state index in [2.05, 4.69) is 10.9 Å². The number of nitrogens with zero attached hydrogens (tertiary/aromatic N) is 3. The van der Waals surface area contributed by atoms with Crippen LogP contribution in [0.5, 0.6) is 0 Å². The molecule has 176 valence electrons. The van der Waals surface area contributed by atoms with Crippen LogP contribution in [-0.4, -0.2) is 56.6 Å². The molecule has 2 amide bonds. The summed E-state index contributed by atoms with van der Waals surface area (Å²) in [4.78, 5) is 37.8. The van der Waals surface area contributed by atoms with Crippen LogP contribution in [0.25, 0.3) is 0 Å². The number of carbonyl (C=O) groups excluding carboxylic acids is 2. The van der Waals surface area contributed by atoms with Gasteiger partial charge in [-0.15, -0.1) is 0 Å². The summed E-state index contributed by atoms with van der Waals surface area (Å²) in [6, 6.07) is 9.53. The second-order valence-electron chi connectivity index (χ2n) is 7.73. The fourth-order valence-corrected chi connectivity index (χ4v) is 4.43. The van der Waals surface area contributed by atoms with Crippen LogP contribution < -0.4 is 15.8 Å². The van der Waals surface area contributed by atoms with Gasteiger partial charge >= 0.3 is 0 Å². The lowest BCUT2D eigenvalue weighted by atomic mass is 10.1. The highest BCUT2D eigenvalue weighted by Crippen LogP contribution is 2.31. The number of sulfonamides is 1. The zero-order chi connectivity index (χ0) is 24.2. The lowest BCUT2D eigenvalue weighted by Crippen LogP contribution is -2.41. The fraction of sp³-hybridized carbons (Fsp3) is 0.333. The van der Waals surface area contributed by atoms with Gasteiger partial charge in [-0.1, -0.05) is 6.07 Å². The van der Waals surface area contributed by atoms with Gasteiger partial charge in [-0.25, -0.2) is 12.7 Å². The van der Waals surface area contributed by atoms with E-state index in [1.54, 1.807) is 0 Å². The number of anilines is 1. The van der Waals surface area contributed by atoms with Crippen LogP contribution >= 0.6 is 0 Å². The minimum atomic E-state index is -3.74. The number of carbonyl (C=O) groups is 2. The van der Waals surface area contributed by atoms with Gasteiger partial charge in [0, 0.05) is 44.4 Å². The second kappa shape index (κ2) is 9.96. The topological polar surface area (TPSA) is 142 Å². The zero-order valence-electron chi connectivity index (χ0n) is 18.3. The van der Waals surface area contributed by atoms with E-state index in [1.807, 2.05) is 4.90 Å².